The van der Waals surface area contributed by atoms with Crippen LogP contribution in [0.15, 0.2) is 52.1 Å². The molecule has 2 aromatic rings. The minimum Gasteiger partial charge on any atom is -0.289 e. The molecular formula is C14H12O3S2. The topological polar surface area (TPSA) is 51.2 Å². The van der Waals surface area contributed by atoms with Gasteiger partial charge in [-0.05, 0) is 52.7 Å². The summed E-state index contributed by atoms with van der Waals surface area (Å²) in [6, 6.07) is 7.86. The predicted molar refractivity (Wildman–Crippen MR) is 77.2 cm³/mol. The Bertz CT molecular complexity index is 694. The molecule has 0 bridgehead atoms. The minimum atomic E-state index is -3.22. The van der Waals surface area contributed by atoms with Crippen molar-refractivity contribution in [1.82, 2.24) is 0 Å². The van der Waals surface area contributed by atoms with Gasteiger partial charge in [-0.2, -0.15) is 11.3 Å². The molecule has 0 aliphatic heterocycles. The van der Waals surface area contributed by atoms with E-state index in [0.717, 1.165) is 11.8 Å². The van der Waals surface area contributed by atoms with Crippen LogP contribution in [0, 0.1) is 0 Å². The van der Waals surface area contributed by atoms with E-state index < -0.39 is 9.84 Å². The van der Waals surface area contributed by atoms with E-state index in [-0.39, 0.29) is 10.7 Å². The van der Waals surface area contributed by atoms with Crippen LogP contribution in [-0.2, 0) is 9.84 Å². The predicted octanol–water partition coefficient (Wildman–Crippen LogP) is 3.05. The fourth-order valence-electron chi connectivity index (χ4n) is 1.50. The second-order valence-corrected chi connectivity index (χ2v) is 6.85. The summed E-state index contributed by atoms with van der Waals surface area (Å²) in [4.78, 5) is 12.1. The van der Waals surface area contributed by atoms with Gasteiger partial charge in [0.1, 0.15) is 0 Å². The summed E-state index contributed by atoms with van der Waals surface area (Å²) >= 11 is 1.56. The first-order chi connectivity index (χ1) is 8.97. The van der Waals surface area contributed by atoms with E-state index in [0.29, 0.717) is 5.56 Å². The Morgan fingerprint density at radius 1 is 1.16 bits per heavy atom. The Kier molecular flexibility index (Phi) is 3.97. The third-order valence-electron chi connectivity index (χ3n) is 2.54. The van der Waals surface area contributed by atoms with Crippen LogP contribution in [0.2, 0.25) is 0 Å². The molecule has 5 heteroatoms. The van der Waals surface area contributed by atoms with Crippen LogP contribution in [0.1, 0.15) is 15.9 Å². The number of sulfone groups is 1. The number of allylic oxidation sites excluding steroid dienone is 1. The maximum atomic E-state index is 11.9. The summed E-state index contributed by atoms with van der Waals surface area (Å²) in [5.74, 6) is -0.147. The fraction of sp³-hybridized carbons (Fsp3) is 0.0714. The third kappa shape index (κ3) is 3.62. The molecule has 1 heterocycles. The minimum absolute atomic E-state index is 0.147. The molecule has 0 aliphatic carbocycles. The summed E-state index contributed by atoms with van der Waals surface area (Å²) in [5.41, 5.74) is 1.45. The molecule has 0 saturated heterocycles. The molecule has 0 radical (unpaired) electrons. The second-order valence-electron chi connectivity index (χ2n) is 4.05. The van der Waals surface area contributed by atoms with Gasteiger partial charge in [0.05, 0.1) is 4.90 Å². The molecular weight excluding hydrogens is 280 g/mol. The highest BCUT2D eigenvalue weighted by Crippen LogP contribution is 2.12. The first kappa shape index (κ1) is 13.7. The number of benzene rings is 1. The number of thiophene rings is 1. The highest BCUT2D eigenvalue weighted by atomic mass is 32.2. The van der Waals surface area contributed by atoms with Crippen LogP contribution < -0.4 is 0 Å². The summed E-state index contributed by atoms with van der Waals surface area (Å²) in [5, 5.41) is 3.88. The van der Waals surface area contributed by atoms with Gasteiger partial charge in [-0.15, -0.1) is 0 Å². The lowest BCUT2D eigenvalue weighted by molar-refractivity contribution is 0.104. The highest BCUT2D eigenvalue weighted by molar-refractivity contribution is 7.90. The van der Waals surface area contributed by atoms with E-state index in [9.17, 15) is 13.2 Å². The largest absolute Gasteiger partial charge is 0.289 e. The second kappa shape index (κ2) is 5.50. The van der Waals surface area contributed by atoms with Crippen LogP contribution in [0.3, 0.4) is 0 Å². The van der Waals surface area contributed by atoms with Crippen LogP contribution >= 0.6 is 11.3 Å². The summed E-state index contributed by atoms with van der Waals surface area (Å²) in [6.45, 7) is 0. The molecule has 0 unspecified atom stereocenters. The van der Waals surface area contributed by atoms with Crippen molar-refractivity contribution in [3.63, 3.8) is 0 Å². The standard InChI is InChI=1S/C14H12O3S2/c1-19(16,17)13-5-3-12(4-6-13)14(15)7-2-11-8-9-18-10-11/h2-10H,1H3. The summed E-state index contributed by atoms with van der Waals surface area (Å²) in [7, 11) is -3.22. The molecule has 0 spiro atoms. The van der Waals surface area contributed by atoms with Crippen molar-refractivity contribution in [3.05, 3.63) is 58.3 Å². The van der Waals surface area contributed by atoms with Crippen LogP contribution in [0.5, 0.6) is 0 Å². The van der Waals surface area contributed by atoms with Crippen LogP contribution in [-0.4, -0.2) is 20.5 Å². The van der Waals surface area contributed by atoms with Crippen molar-refractivity contribution in [1.29, 1.82) is 0 Å². The van der Waals surface area contributed by atoms with Gasteiger partial charge in [0, 0.05) is 11.8 Å². The Balaban J connectivity index is 2.17. The molecule has 0 amide bonds. The Morgan fingerprint density at radius 2 is 1.84 bits per heavy atom. The zero-order valence-corrected chi connectivity index (χ0v) is 11.9. The molecule has 2 rings (SSSR count). The number of rotatable bonds is 4. The van der Waals surface area contributed by atoms with Crippen molar-refractivity contribution < 1.29 is 13.2 Å². The Hall–Kier alpha value is -1.72. The zero-order valence-electron chi connectivity index (χ0n) is 10.2. The van der Waals surface area contributed by atoms with E-state index in [4.69, 9.17) is 0 Å². The fourth-order valence-corrected chi connectivity index (χ4v) is 2.76. The normalized spacial score (nSPS) is 11.8. The monoisotopic (exact) mass is 292 g/mol. The molecule has 0 fully saturated rings. The van der Waals surface area contributed by atoms with Gasteiger partial charge >= 0.3 is 0 Å². The number of ketones is 1. The first-order valence-electron chi connectivity index (χ1n) is 5.51. The average Bonchev–Trinajstić information content (AvgIpc) is 2.88. The van der Waals surface area contributed by atoms with E-state index in [1.54, 1.807) is 17.4 Å². The lowest BCUT2D eigenvalue weighted by Crippen LogP contribution is -1.99. The highest BCUT2D eigenvalue weighted by Gasteiger charge is 2.08. The van der Waals surface area contributed by atoms with Crippen molar-refractivity contribution >= 4 is 33.0 Å². The quantitative estimate of drug-likeness (QED) is 0.643. The maximum Gasteiger partial charge on any atom is 0.185 e. The number of carbonyl (C=O) groups excluding carboxylic acids is 1. The van der Waals surface area contributed by atoms with Gasteiger partial charge in [-0.3, -0.25) is 4.79 Å². The summed E-state index contributed by atoms with van der Waals surface area (Å²) < 4.78 is 22.6. The maximum absolute atomic E-state index is 11.9. The van der Waals surface area contributed by atoms with Gasteiger partial charge in [0.15, 0.2) is 15.6 Å². The smallest absolute Gasteiger partial charge is 0.185 e. The number of hydrogen-bond acceptors (Lipinski definition) is 4. The molecule has 0 saturated carbocycles. The van der Waals surface area contributed by atoms with Crippen LogP contribution in [0.25, 0.3) is 6.08 Å². The third-order valence-corrected chi connectivity index (χ3v) is 4.37. The van der Waals surface area contributed by atoms with Crippen molar-refractivity contribution in [2.24, 2.45) is 0 Å². The molecule has 98 valence electrons. The van der Waals surface area contributed by atoms with Gasteiger partial charge in [0.2, 0.25) is 0 Å². The van der Waals surface area contributed by atoms with E-state index in [1.165, 1.54) is 30.3 Å². The molecule has 3 nitrogen and oxygen atoms in total. The van der Waals surface area contributed by atoms with E-state index in [2.05, 4.69) is 0 Å². The molecule has 0 atom stereocenters. The van der Waals surface area contributed by atoms with Gasteiger partial charge in [-0.25, -0.2) is 8.42 Å². The van der Waals surface area contributed by atoms with Gasteiger partial charge < -0.3 is 0 Å². The van der Waals surface area contributed by atoms with Crippen molar-refractivity contribution in [2.45, 2.75) is 4.90 Å². The lowest BCUT2D eigenvalue weighted by atomic mass is 10.1. The number of carbonyl (C=O) groups is 1. The van der Waals surface area contributed by atoms with Gasteiger partial charge in [-0.1, -0.05) is 6.08 Å². The SMILES string of the molecule is CS(=O)(=O)c1ccc(C(=O)C=Cc2ccsc2)cc1. The average molecular weight is 292 g/mol. The first-order valence-corrected chi connectivity index (χ1v) is 8.35. The van der Waals surface area contributed by atoms with Crippen LogP contribution in [0.4, 0.5) is 0 Å². The molecule has 0 N–H and O–H groups in total. The zero-order chi connectivity index (χ0) is 13.9. The van der Waals surface area contributed by atoms with E-state index in [1.807, 2.05) is 16.8 Å². The Labute approximate surface area is 116 Å². The molecule has 0 aliphatic rings. The van der Waals surface area contributed by atoms with E-state index >= 15 is 0 Å². The van der Waals surface area contributed by atoms with Gasteiger partial charge in [0.25, 0.3) is 0 Å². The molecule has 19 heavy (non-hydrogen) atoms. The number of hydrogen-bond donors (Lipinski definition) is 0. The van der Waals surface area contributed by atoms with Crippen molar-refractivity contribution in [2.75, 3.05) is 6.26 Å². The Morgan fingerprint density at radius 3 is 2.37 bits per heavy atom. The lowest BCUT2D eigenvalue weighted by Gasteiger charge is -1.99. The molecule has 1 aromatic heterocycles. The summed E-state index contributed by atoms with van der Waals surface area (Å²) in [6.07, 6.45) is 4.36. The van der Waals surface area contributed by atoms with Crippen molar-refractivity contribution in [3.8, 4) is 0 Å². The molecule has 1 aromatic carbocycles.